The number of carbonyl (C=O) groups is 2. The number of fused-ring (bicyclic) bond motifs is 1. The van der Waals surface area contributed by atoms with Gasteiger partial charge in [-0.3, -0.25) is 4.98 Å². The highest BCUT2D eigenvalue weighted by molar-refractivity contribution is 6.29. The largest absolute Gasteiger partial charge is 0.458 e. The number of esters is 2. The maximum Gasteiger partial charge on any atom is 0.348 e. The van der Waals surface area contributed by atoms with E-state index < -0.39 is 18.0 Å². The molecule has 2 atom stereocenters. The van der Waals surface area contributed by atoms with Crippen molar-refractivity contribution in [2.45, 2.75) is 25.0 Å². The summed E-state index contributed by atoms with van der Waals surface area (Å²) in [6.07, 6.45) is 2.88. The minimum absolute atomic E-state index is 0.292. The van der Waals surface area contributed by atoms with Crippen molar-refractivity contribution in [3.63, 3.8) is 0 Å². The number of carbonyl (C=O) groups excluding carboxylic acids is 2. The lowest BCUT2D eigenvalue weighted by Gasteiger charge is -2.24. The van der Waals surface area contributed by atoms with Crippen molar-refractivity contribution in [2.24, 2.45) is 0 Å². The number of cyclic esters (lactones) is 1. The van der Waals surface area contributed by atoms with E-state index in [0.717, 1.165) is 5.56 Å². The van der Waals surface area contributed by atoms with Crippen LogP contribution in [0.1, 0.15) is 22.3 Å². The summed E-state index contributed by atoms with van der Waals surface area (Å²) in [6, 6.07) is 7.12. The number of anilines is 1. The zero-order valence-electron chi connectivity index (χ0n) is 13.8. The number of halogens is 1. The monoisotopic (exact) mass is 373 g/mol. The Labute approximate surface area is 154 Å². The predicted molar refractivity (Wildman–Crippen MR) is 93.1 cm³/mol. The first-order valence-corrected chi connectivity index (χ1v) is 8.70. The molecule has 2 aromatic rings. The molecule has 0 radical (unpaired) electrons. The third-order valence-electron chi connectivity index (χ3n) is 4.50. The number of ether oxygens (including phenoxy) is 2. The fourth-order valence-electron chi connectivity index (χ4n) is 3.22. The Morgan fingerprint density at radius 2 is 2.15 bits per heavy atom. The fourth-order valence-corrected chi connectivity index (χ4v) is 3.36. The van der Waals surface area contributed by atoms with Gasteiger partial charge >= 0.3 is 11.9 Å². The van der Waals surface area contributed by atoms with Crippen LogP contribution < -0.4 is 4.90 Å². The minimum Gasteiger partial charge on any atom is -0.458 e. The van der Waals surface area contributed by atoms with Crippen molar-refractivity contribution in [3.05, 3.63) is 52.9 Å². The third kappa shape index (κ3) is 3.35. The first kappa shape index (κ1) is 16.8. The average molecular weight is 374 g/mol. The Bertz CT molecular complexity index is 860. The maximum atomic E-state index is 12.4. The smallest absolute Gasteiger partial charge is 0.348 e. The summed E-state index contributed by atoms with van der Waals surface area (Å²) in [7, 11) is 0. The minimum atomic E-state index is -0.905. The maximum absolute atomic E-state index is 12.4. The van der Waals surface area contributed by atoms with Gasteiger partial charge in [-0.05, 0) is 11.6 Å². The normalized spacial score (nSPS) is 21.9. The van der Waals surface area contributed by atoms with Gasteiger partial charge in [0, 0.05) is 19.4 Å². The zero-order chi connectivity index (χ0) is 18.1. The lowest BCUT2D eigenvalue weighted by molar-refractivity contribution is -0.158. The molecule has 0 aliphatic carbocycles. The highest BCUT2D eigenvalue weighted by atomic mass is 35.5. The van der Waals surface area contributed by atoms with Crippen molar-refractivity contribution in [3.8, 4) is 0 Å². The van der Waals surface area contributed by atoms with Crippen LogP contribution in [0.15, 0.2) is 36.7 Å². The molecular formula is C18H16ClN3O4. The molecule has 8 heteroatoms. The Kier molecular flexibility index (Phi) is 4.46. The lowest BCUT2D eigenvalue weighted by atomic mass is 9.99. The molecule has 1 aromatic heterocycles. The Hall–Kier alpha value is -2.67. The molecule has 0 N–H and O–H groups in total. The van der Waals surface area contributed by atoms with Gasteiger partial charge in [-0.1, -0.05) is 29.8 Å². The molecule has 1 fully saturated rings. The zero-order valence-corrected chi connectivity index (χ0v) is 14.6. The van der Waals surface area contributed by atoms with Crippen molar-refractivity contribution in [2.75, 3.05) is 18.0 Å². The predicted octanol–water partition coefficient (Wildman–Crippen LogP) is 2.03. The summed E-state index contributed by atoms with van der Waals surface area (Å²) < 4.78 is 10.8. The molecule has 7 nitrogen and oxygen atoms in total. The number of rotatable bonds is 3. The van der Waals surface area contributed by atoms with E-state index in [-0.39, 0.29) is 6.10 Å². The highest BCUT2D eigenvalue weighted by Crippen LogP contribution is 2.24. The first-order valence-electron chi connectivity index (χ1n) is 8.32. The number of aromatic nitrogens is 2. The van der Waals surface area contributed by atoms with Gasteiger partial charge in [0.2, 0.25) is 6.10 Å². The topological polar surface area (TPSA) is 81.6 Å². The van der Waals surface area contributed by atoms with Crippen LogP contribution in [-0.4, -0.2) is 47.2 Å². The van der Waals surface area contributed by atoms with Crippen molar-refractivity contribution in [1.82, 2.24) is 9.97 Å². The highest BCUT2D eigenvalue weighted by Gasteiger charge is 2.35. The molecular weight excluding hydrogens is 358 g/mol. The summed E-state index contributed by atoms with van der Waals surface area (Å²) in [6.45, 7) is 1.18. The molecule has 0 amide bonds. The number of hydrogen-bond donors (Lipinski definition) is 0. The molecule has 134 valence electrons. The van der Waals surface area contributed by atoms with Crippen LogP contribution in [-0.2, 0) is 20.7 Å². The van der Waals surface area contributed by atoms with Crippen LogP contribution in [0.2, 0.25) is 5.15 Å². The van der Waals surface area contributed by atoms with E-state index >= 15 is 0 Å². The van der Waals surface area contributed by atoms with Crippen LogP contribution in [0.4, 0.5) is 5.82 Å². The summed E-state index contributed by atoms with van der Waals surface area (Å²) in [5, 5.41) is 0.315. The fraction of sp³-hybridized carbons (Fsp3) is 0.333. The van der Waals surface area contributed by atoms with Gasteiger partial charge in [-0.15, -0.1) is 0 Å². The van der Waals surface area contributed by atoms with Crippen molar-refractivity contribution in [1.29, 1.82) is 0 Å². The van der Waals surface area contributed by atoms with E-state index in [9.17, 15) is 9.59 Å². The van der Waals surface area contributed by atoms with Gasteiger partial charge in [0.15, 0.2) is 0 Å². The van der Waals surface area contributed by atoms with Crippen LogP contribution in [0.5, 0.6) is 0 Å². The van der Waals surface area contributed by atoms with E-state index in [2.05, 4.69) is 9.97 Å². The molecule has 1 aromatic carbocycles. The van der Waals surface area contributed by atoms with E-state index in [1.165, 1.54) is 6.20 Å². The summed E-state index contributed by atoms with van der Waals surface area (Å²) in [4.78, 5) is 34.7. The molecule has 3 heterocycles. The van der Waals surface area contributed by atoms with Crippen molar-refractivity contribution >= 4 is 29.4 Å². The second-order valence-electron chi connectivity index (χ2n) is 6.25. The molecule has 0 bridgehead atoms. The Morgan fingerprint density at radius 3 is 3.00 bits per heavy atom. The molecule has 2 aliphatic rings. The molecule has 0 saturated carbocycles. The van der Waals surface area contributed by atoms with E-state index in [1.807, 2.05) is 17.0 Å². The van der Waals surface area contributed by atoms with Gasteiger partial charge in [0.25, 0.3) is 0 Å². The molecule has 26 heavy (non-hydrogen) atoms. The van der Waals surface area contributed by atoms with E-state index in [0.29, 0.717) is 42.5 Å². The van der Waals surface area contributed by atoms with E-state index in [1.54, 1.807) is 18.3 Å². The van der Waals surface area contributed by atoms with Gasteiger partial charge in [0.1, 0.15) is 17.1 Å². The molecule has 2 aliphatic heterocycles. The molecule has 0 unspecified atom stereocenters. The average Bonchev–Trinajstić information content (AvgIpc) is 3.10. The third-order valence-corrected chi connectivity index (χ3v) is 4.68. The van der Waals surface area contributed by atoms with Gasteiger partial charge in [0.05, 0.1) is 24.5 Å². The van der Waals surface area contributed by atoms with Crippen LogP contribution in [0.3, 0.4) is 0 Å². The van der Waals surface area contributed by atoms with E-state index in [4.69, 9.17) is 21.1 Å². The second-order valence-corrected chi connectivity index (χ2v) is 6.64. The lowest BCUT2D eigenvalue weighted by Crippen LogP contribution is -2.38. The quantitative estimate of drug-likeness (QED) is 0.761. The molecule has 0 spiro atoms. The second kappa shape index (κ2) is 6.92. The van der Waals surface area contributed by atoms with Gasteiger partial charge in [-0.25, -0.2) is 14.6 Å². The number of nitrogens with zero attached hydrogens (tertiary/aromatic N) is 3. The van der Waals surface area contributed by atoms with Crippen LogP contribution in [0, 0.1) is 0 Å². The Morgan fingerprint density at radius 1 is 1.31 bits per heavy atom. The summed E-state index contributed by atoms with van der Waals surface area (Å²) in [5.41, 5.74) is 1.30. The summed E-state index contributed by atoms with van der Waals surface area (Å²) in [5.74, 6) is -0.359. The standard InChI is InChI=1S/C18H16ClN3O4/c19-15-8-20-9-16(21-15)22-6-5-12(10-22)25-18(24)14-7-11-3-1-2-4-13(11)17(23)26-14/h1-4,8-9,12,14H,5-7,10H2/t12-,14+/m0/s1. The Balaban J connectivity index is 1.38. The molecule has 4 rings (SSSR count). The van der Waals surface area contributed by atoms with Gasteiger partial charge < -0.3 is 14.4 Å². The summed E-state index contributed by atoms with van der Waals surface area (Å²) >= 11 is 5.87. The van der Waals surface area contributed by atoms with Gasteiger partial charge in [-0.2, -0.15) is 0 Å². The first-order chi connectivity index (χ1) is 12.6. The van der Waals surface area contributed by atoms with Crippen LogP contribution in [0.25, 0.3) is 0 Å². The number of benzene rings is 1. The van der Waals surface area contributed by atoms with Crippen molar-refractivity contribution < 1.29 is 19.1 Å². The molecule has 1 saturated heterocycles. The number of hydrogen-bond acceptors (Lipinski definition) is 7. The van der Waals surface area contributed by atoms with Crippen LogP contribution >= 0.6 is 11.6 Å². The SMILES string of the molecule is O=C1O[C@@H](C(=O)O[C@H]2CCN(c3cncc(Cl)n3)C2)Cc2ccccc21.